The van der Waals surface area contributed by atoms with E-state index in [9.17, 15) is 5.11 Å². The van der Waals surface area contributed by atoms with Crippen LogP contribution in [0.4, 0.5) is 11.6 Å². The number of aliphatic hydroxyl groups excluding tert-OH is 1. The Balaban J connectivity index is 2.18. The van der Waals surface area contributed by atoms with Gasteiger partial charge in [-0.25, -0.2) is 15.8 Å². The summed E-state index contributed by atoms with van der Waals surface area (Å²) in [7, 11) is 1.58. The third kappa shape index (κ3) is 2.69. The molecule has 0 saturated heterocycles. The van der Waals surface area contributed by atoms with Crippen LogP contribution in [0.25, 0.3) is 0 Å². The molecule has 1 aromatic heterocycles. The van der Waals surface area contributed by atoms with Crippen molar-refractivity contribution >= 4 is 11.6 Å². The number of hydrazine groups is 1. The number of nitrogens with zero attached hydrogens (tertiary/aromatic N) is 2. The first-order chi connectivity index (χ1) is 8.71. The quantitative estimate of drug-likeness (QED) is 0.425. The Labute approximate surface area is 106 Å². The van der Waals surface area contributed by atoms with E-state index in [1.165, 1.54) is 0 Å². The molecule has 0 aromatic carbocycles. The van der Waals surface area contributed by atoms with Crippen LogP contribution >= 0.6 is 0 Å². The first-order valence-corrected chi connectivity index (χ1v) is 5.94. The Hall–Kier alpha value is -1.44. The van der Waals surface area contributed by atoms with E-state index in [4.69, 9.17) is 10.6 Å². The molecule has 0 unspecified atom stereocenters. The molecular weight excluding hydrogens is 234 g/mol. The minimum absolute atomic E-state index is 0.0992. The molecule has 1 aliphatic carbocycles. The summed E-state index contributed by atoms with van der Waals surface area (Å²) in [6, 6.07) is 1.72. The fourth-order valence-corrected chi connectivity index (χ4v) is 2.03. The van der Waals surface area contributed by atoms with Crippen molar-refractivity contribution in [1.29, 1.82) is 0 Å². The smallest absolute Gasteiger partial charge is 0.158 e. The highest BCUT2D eigenvalue weighted by Gasteiger charge is 2.36. The third-order valence-electron chi connectivity index (χ3n) is 3.20. The molecule has 0 bridgehead atoms. The lowest BCUT2D eigenvalue weighted by atomic mass is 9.77. The maximum Gasteiger partial charge on any atom is 0.158 e. The molecule has 1 aliphatic rings. The van der Waals surface area contributed by atoms with Gasteiger partial charge in [0.15, 0.2) is 5.82 Å². The standard InChI is InChI=1S/C11H19N5O2/c1-18-6-10-13-8(5-9(14-10)16-12)15-11(7-17)3-2-4-11/h5,17H,2-4,6-7,12H2,1H3,(H2,13,14,15,16). The molecule has 1 saturated carbocycles. The van der Waals surface area contributed by atoms with Crippen LogP contribution in [0.3, 0.4) is 0 Å². The summed E-state index contributed by atoms with van der Waals surface area (Å²) in [5.74, 6) is 7.08. The number of aromatic nitrogens is 2. The van der Waals surface area contributed by atoms with Crippen LogP contribution < -0.4 is 16.6 Å². The monoisotopic (exact) mass is 253 g/mol. The lowest BCUT2D eigenvalue weighted by Gasteiger charge is -2.41. The highest BCUT2D eigenvalue weighted by molar-refractivity contribution is 5.48. The van der Waals surface area contributed by atoms with Crippen LogP contribution in [0.2, 0.25) is 0 Å². The number of anilines is 2. The summed E-state index contributed by atoms with van der Waals surface area (Å²) in [6.07, 6.45) is 3.00. The average Bonchev–Trinajstić information content (AvgIpc) is 2.34. The summed E-state index contributed by atoms with van der Waals surface area (Å²) in [5.41, 5.74) is 2.25. The number of hydrogen-bond acceptors (Lipinski definition) is 7. The van der Waals surface area contributed by atoms with E-state index in [0.29, 0.717) is 24.1 Å². The number of nitrogens with two attached hydrogens (primary N) is 1. The van der Waals surface area contributed by atoms with Crippen LogP contribution in [0.15, 0.2) is 6.07 Å². The van der Waals surface area contributed by atoms with Crippen molar-refractivity contribution in [2.75, 3.05) is 24.5 Å². The van der Waals surface area contributed by atoms with Crippen LogP contribution in [0.1, 0.15) is 25.1 Å². The number of methoxy groups -OCH3 is 1. The normalized spacial score (nSPS) is 17.1. The largest absolute Gasteiger partial charge is 0.394 e. The zero-order chi connectivity index (χ0) is 13.0. The third-order valence-corrected chi connectivity index (χ3v) is 3.20. The van der Waals surface area contributed by atoms with Crippen molar-refractivity contribution in [2.45, 2.75) is 31.4 Å². The van der Waals surface area contributed by atoms with Crippen LogP contribution in [0.5, 0.6) is 0 Å². The topological polar surface area (TPSA) is 105 Å². The fraction of sp³-hybridized carbons (Fsp3) is 0.636. The average molecular weight is 253 g/mol. The van der Waals surface area contributed by atoms with E-state index in [1.807, 2.05) is 0 Å². The van der Waals surface area contributed by atoms with Gasteiger partial charge in [-0.15, -0.1) is 0 Å². The fourth-order valence-electron chi connectivity index (χ4n) is 2.03. The zero-order valence-electron chi connectivity index (χ0n) is 10.4. The van der Waals surface area contributed by atoms with Crippen molar-refractivity contribution in [2.24, 2.45) is 5.84 Å². The highest BCUT2D eigenvalue weighted by Crippen LogP contribution is 2.34. The van der Waals surface area contributed by atoms with Gasteiger partial charge in [0, 0.05) is 13.2 Å². The first-order valence-electron chi connectivity index (χ1n) is 5.94. The molecule has 18 heavy (non-hydrogen) atoms. The molecule has 1 fully saturated rings. The molecule has 5 N–H and O–H groups in total. The molecule has 0 amide bonds. The lowest BCUT2D eigenvalue weighted by molar-refractivity contribution is 0.143. The number of ether oxygens (including phenoxy) is 1. The summed E-state index contributed by atoms with van der Waals surface area (Å²) < 4.78 is 5.01. The van der Waals surface area contributed by atoms with Gasteiger partial charge < -0.3 is 20.6 Å². The van der Waals surface area contributed by atoms with Gasteiger partial charge >= 0.3 is 0 Å². The number of hydrogen-bond donors (Lipinski definition) is 4. The maximum absolute atomic E-state index is 9.43. The van der Waals surface area contributed by atoms with E-state index in [2.05, 4.69) is 20.7 Å². The van der Waals surface area contributed by atoms with E-state index in [-0.39, 0.29) is 12.1 Å². The molecule has 0 radical (unpaired) electrons. The number of rotatable bonds is 6. The van der Waals surface area contributed by atoms with Crippen molar-refractivity contribution < 1.29 is 9.84 Å². The first kappa shape index (κ1) is 13.0. The second-order valence-corrected chi connectivity index (χ2v) is 4.55. The van der Waals surface area contributed by atoms with Crippen LogP contribution in [0, 0.1) is 0 Å². The predicted molar refractivity (Wildman–Crippen MR) is 67.8 cm³/mol. The SMILES string of the molecule is COCc1nc(NN)cc(NC2(CO)CCC2)n1. The van der Waals surface area contributed by atoms with Crippen molar-refractivity contribution in [3.05, 3.63) is 11.9 Å². The van der Waals surface area contributed by atoms with Gasteiger partial charge in [0.25, 0.3) is 0 Å². The van der Waals surface area contributed by atoms with E-state index in [0.717, 1.165) is 19.3 Å². The Kier molecular flexibility index (Phi) is 3.95. The zero-order valence-corrected chi connectivity index (χ0v) is 10.4. The Morgan fingerprint density at radius 3 is 2.67 bits per heavy atom. The van der Waals surface area contributed by atoms with Crippen molar-refractivity contribution in [3.63, 3.8) is 0 Å². The van der Waals surface area contributed by atoms with Crippen LogP contribution in [-0.4, -0.2) is 34.3 Å². The predicted octanol–water partition coefficient (Wildman–Crippen LogP) is 0.235. The Morgan fingerprint density at radius 1 is 1.44 bits per heavy atom. The Morgan fingerprint density at radius 2 is 2.17 bits per heavy atom. The van der Waals surface area contributed by atoms with Gasteiger partial charge in [-0.1, -0.05) is 0 Å². The highest BCUT2D eigenvalue weighted by atomic mass is 16.5. The summed E-state index contributed by atoms with van der Waals surface area (Å²) in [5, 5.41) is 12.7. The molecular formula is C11H19N5O2. The molecule has 0 aliphatic heterocycles. The summed E-state index contributed by atoms with van der Waals surface area (Å²) in [6.45, 7) is 0.415. The van der Waals surface area contributed by atoms with Crippen LogP contribution in [-0.2, 0) is 11.3 Å². The number of aliphatic hydroxyl groups is 1. The molecule has 7 nitrogen and oxygen atoms in total. The molecule has 2 rings (SSSR count). The van der Waals surface area contributed by atoms with E-state index < -0.39 is 0 Å². The molecule has 1 heterocycles. The van der Waals surface area contributed by atoms with Crippen molar-refractivity contribution in [1.82, 2.24) is 9.97 Å². The summed E-state index contributed by atoms with van der Waals surface area (Å²) in [4.78, 5) is 8.50. The Bertz CT molecular complexity index is 403. The maximum atomic E-state index is 9.43. The van der Waals surface area contributed by atoms with Gasteiger partial charge in [-0.2, -0.15) is 0 Å². The number of nitrogen functional groups attached to an aromatic ring is 1. The summed E-state index contributed by atoms with van der Waals surface area (Å²) >= 11 is 0. The van der Waals surface area contributed by atoms with Gasteiger partial charge in [0.05, 0.1) is 12.1 Å². The lowest BCUT2D eigenvalue weighted by Crippen LogP contribution is -2.48. The molecule has 1 aromatic rings. The van der Waals surface area contributed by atoms with Gasteiger partial charge in [-0.3, -0.25) is 0 Å². The molecule has 0 spiro atoms. The van der Waals surface area contributed by atoms with Gasteiger partial charge in [0.2, 0.25) is 0 Å². The minimum Gasteiger partial charge on any atom is -0.394 e. The molecule has 0 atom stereocenters. The minimum atomic E-state index is -0.245. The second-order valence-electron chi connectivity index (χ2n) is 4.55. The van der Waals surface area contributed by atoms with Gasteiger partial charge in [0.1, 0.15) is 18.2 Å². The van der Waals surface area contributed by atoms with E-state index >= 15 is 0 Å². The molecule has 7 heteroatoms. The van der Waals surface area contributed by atoms with E-state index in [1.54, 1.807) is 13.2 Å². The van der Waals surface area contributed by atoms with Crippen molar-refractivity contribution in [3.8, 4) is 0 Å². The van der Waals surface area contributed by atoms with Gasteiger partial charge in [-0.05, 0) is 19.3 Å². The molecule has 100 valence electrons. The number of nitrogens with one attached hydrogen (secondary N) is 2. The second kappa shape index (κ2) is 5.47.